The number of carbonyl (C=O) groups excluding carboxylic acids is 1. The number of rotatable bonds is 6. The van der Waals surface area contributed by atoms with Crippen LogP contribution < -0.4 is 10.5 Å². The fourth-order valence-corrected chi connectivity index (χ4v) is 3.48. The maximum Gasteiger partial charge on any atom is 0.253 e. The molecule has 23 heavy (non-hydrogen) atoms. The maximum absolute atomic E-state index is 12.5. The molecule has 0 saturated carbocycles. The Labute approximate surface area is 143 Å². The van der Waals surface area contributed by atoms with Crippen LogP contribution in [-0.2, 0) is 10.0 Å². The summed E-state index contributed by atoms with van der Waals surface area (Å²) in [6.45, 7) is 5.46. The molecule has 6 nitrogen and oxygen atoms in total. The van der Waals surface area contributed by atoms with E-state index >= 15 is 0 Å². The van der Waals surface area contributed by atoms with Gasteiger partial charge in [-0.1, -0.05) is 12.1 Å². The minimum absolute atomic E-state index is 0. The third-order valence-corrected chi connectivity index (χ3v) is 5.14. The highest BCUT2D eigenvalue weighted by molar-refractivity contribution is 7.89. The van der Waals surface area contributed by atoms with E-state index in [0.29, 0.717) is 31.1 Å². The summed E-state index contributed by atoms with van der Waals surface area (Å²) in [7, 11) is -3.63. The van der Waals surface area contributed by atoms with Crippen molar-refractivity contribution >= 4 is 28.3 Å². The van der Waals surface area contributed by atoms with Crippen molar-refractivity contribution in [3.63, 3.8) is 0 Å². The zero-order valence-electron chi connectivity index (χ0n) is 12.8. The minimum atomic E-state index is -3.63. The average molecular weight is 360 g/mol. The van der Waals surface area contributed by atoms with Gasteiger partial charge in [-0.05, 0) is 37.1 Å². The number of likely N-dealkylation sites (tertiary alicyclic amines) is 1. The molecule has 0 aliphatic carbocycles. The van der Waals surface area contributed by atoms with Gasteiger partial charge in [-0.25, -0.2) is 13.1 Å². The summed E-state index contributed by atoms with van der Waals surface area (Å²) in [6, 6.07) is 6.08. The molecule has 8 heteroatoms. The van der Waals surface area contributed by atoms with E-state index in [4.69, 9.17) is 5.73 Å². The van der Waals surface area contributed by atoms with Gasteiger partial charge >= 0.3 is 0 Å². The van der Waals surface area contributed by atoms with Crippen LogP contribution in [0.15, 0.2) is 41.8 Å². The van der Waals surface area contributed by atoms with Crippen molar-refractivity contribution in [1.82, 2.24) is 9.62 Å². The molecule has 128 valence electrons. The van der Waals surface area contributed by atoms with E-state index in [1.807, 2.05) is 0 Å². The van der Waals surface area contributed by atoms with Crippen LogP contribution in [0.2, 0.25) is 0 Å². The summed E-state index contributed by atoms with van der Waals surface area (Å²) in [5, 5.41) is 0. The first kappa shape index (κ1) is 19.6. The predicted molar refractivity (Wildman–Crippen MR) is 92.1 cm³/mol. The lowest BCUT2D eigenvalue weighted by Crippen LogP contribution is -2.30. The fraction of sp³-hybridized carbons (Fsp3) is 0.400. The van der Waals surface area contributed by atoms with Crippen LogP contribution in [0.3, 0.4) is 0 Å². The Balaban J connectivity index is 0.00000264. The highest BCUT2D eigenvalue weighted by atomic mass is 35.5. The van der Waals surface area contributed by atoms with Gasteiger partial charge in [0.05, 0.1) is 4.90 Å². The monoisotopic (exact) mass is 359 g/mol. The average Bonchev–Trinajstić information content (AvgIpc) is 3.01. The van der Waals surface area contributed by atoms with Gasteiger partial charge in [0, 0.05) is 25.2 Å². The molecule has 1 heterocycles. The van der Waals surface area contributed by atoms with Crippen molar-refractivity contribution in [2.75, 3.05) is 26.2 Å². The van der Waals surface area contributed by atoms with Crippen molar-refractivity contribution < 1.29 is 13.2 Å². The minimum Gasteiger partial charge on any atom is -0.338 e. The standard InChI is InChI=1S/C15H21N3O3S.ClH/c1-2-7-17-22(20,21)14-5-3-4-13(9-14)15(19)18-8-6-12(10-16)11-18;/h2-5,9,12,17H,1,6-8,10-11,16H2;1H. The molecular weight excluding hydrogens is 338 g/mol. The number of amides is 1. The van der Waals surface area contributed by atoms with E-state index in [2.05, 4.69) is 11.3 Å². The molecule has 1 fully saturated rings. The van der Waals surface area contributed by atoms with Gasteiger partial charge in [-0.3, -0.25) is 4.79 Å². The lowest BCUT2D eigenvalue weighted by molar-refractivity contribution is 0.0787. The summed E-state index contributed by atoms with van der Waals surface area (Å²) in [5.41, 5.74) is 6.00. The number of hydrogen-bond acceptors (Lipinski definition) is 4. The number of sulfonamides is 1. The van der Waals surface area contributed by atoms with Gasteiger partial charge in [-0.2, -0.15) is 0 Å². The van der Waals surface area contributed by atoms with E-state index in [0.717, 1.165) is 6.42 Å². The Bertz CT molecular complexity index is 664. The van der Waals surface area contributed by atoms with Gasteiger partial charge in [0.1, 0.15) is 0 Å². The zero-order valence-corrected chi connectivity index (χ0v) is 14.4. The SMILES string of the molecule is C=CCNS(=O)(=O)c1cccc(C(=O)N2CCC(CN)C2)c1.Cl. The number of benzene rings is 1. The molecule has 1 aromatic carbocycles. The second-order valence-electron chi connectivity index (χ2n) is 5.31. The highest BCUT2D eigenvalue weighted by Crippen LogP contribution is 2.19. The lowest BCUT2D eigenvalue weighted by Gasteiger charge is -2.16. The number of hydrogen-bond donors (Lipinski definition) is 2. The van der Waals surface area contributed by atoms with Gasteiger partial charge < -0.3 is 10.6 Å². The van der Waals surface area contributed by atoms with E-state index in [9.17, 15) is 13.2 Å². The largest absolute Gasteiger partial charge is 0.338 e. The number of nitrogens with zero attached hydrogens (tertiary/aromatic N) is 1. The first-order chi connectivity index (χ1) is 10.5. The molecule has 0 aromatic heterocycles. The van der Waals surface area contributed by atoms with Crippen LogP contribution in [-0.4, -0.2) is 45.4 Å². The Morgan fingerprint density at radius 1 is 1.48 bits per heavy atom. The molecule has 1 atom stereocenters. The molecule has 1 amide bonds. The van der Waals surface area contributed by atoms with Crippen molar-refractivity contribution in [2.45, 2.75) is 11.3 Å². The first-order valence-corrected chi connectivity index (χ1v) is 8.66. The van der Waals surface area contributed by atoms with Crippen molar-refractivity contribution in [3.05, 3.63) is 42.5 Å². The zero-order chi connectivity index (χ0) is 16.2. The van der Waals surface area contributed by atoms with E-state index in [1.54, 1.807) is 17.0 Å². The van der Waals surface area contributed by atoms with Crippen LogP contribution in [0.25, 0.3) is 0 Å². The Hall–Kier alpha value is -1.41. The second-order valence-corrected chi connectivity index (χ2v) is 7.08. The first-order valence-electron chi connectivity index (χ1n) is 7.18. The molecular formula is C15H22ClN3O3S. The molecule has 1 unspecified atom stereocenters. The van der Waals surface area contributed by atoms with Crippen LogP contribution in [0.4, 0.5) is 0 Å². The lowest BCUT2D eigenvalue weighted by atomic mass is 10.1. The van der Waals surface area contributed by atoms with Crippen LogP contribution >= 0.6 is 12.4 Å². The van der Waals surface area contributed by atoms with Gasteiger partial charge in [0.25, 0.3) is 5.91 Å². The predicted octanol–water partition coefficient (Wildman–Crippen LogP) is 0.994. The van der Waals surface area contributed by atoms with Crippen LogP contribution in [0.5, 0.6) is 0 Å². The van der Waals surface area contributed by atoms with Crippen molar-refractivity contribution in [3.8, 4) is 0 Å². The van der Waals surface area contributed by atoms with Gasteiger partial charge in [0.2, 0.25) is 10.0 Å². The van der Waals surface area contributed by atoms with Gasteiger partial charge in [0.15, 0.2) is 0 Å². The Kier molecular flexibility index (Phi) is 7.21. The third-order valence-electron chi connectivity index (χ3n) is 3.72. The quantitative estimate of drug-likeness (QED) is 0.741. The topological polar surface area (TPSA) is 92.5 Å². The van der Waals surface area contributed by atoms with E-state index in [-0.39, 0.29) is 29.8 Å². The number of carbonyl (C=O) groups is 1. The highest BCUT2D eigenvalue weighted by Gasteiger charge is 2.26. The molecule has 1 aromatic rings. The molecule has 0 spiro atoms. The number of halogens is 1. The number of nitrogens with one attached hydrogen (secondary N) is 1. The summed E-state index contributed by atoms with van der Waals surface area (Å²) in [5.74, 6) is 0.168. The second kappa shape index (κ2) is 8.44. The maximum atomic E-state index is 12.5. The number of nitrogens with two attached hydrogens (primary N) is 1. The summed E-state index contributed by atoms with van der Waals surface area (Å²) in [4.78, 5) is 14.3. The van der Waals surface area contributed by atoms with E-state index in [1.165, 1.54) is 18.2 Å². The van der Waals surface area contributed by atoms with Crippen LogP contribution in [0, 0.1) is 5.92 Å². The van der Waals surface area contributed by atoms with Crippen molar-refractivity contribution in [2.24, 2.45) is 11.7 Å². The molecule has 3 N–H and O–H groups in total. The molecule has 1 aliphatic rings. The Morgan fingerprint density at radius 3 is 2.83 bits per heavy atom. The summed E-state index contributed by atoms with van der Waals surface area (Å²) in [6.07, 6.45) is 2.35. The smallest absolute Gasteiger partial charge is 0.253 e. The molecule has 1 saturated heterocycles. The van der Waals surface area contributed by atoms with E-state index < -0.39 is 10.0 Å². The Morgan fingerprint density at radius 2 is 2.22 bits per heavy atom. The molecule has 0 bridgehead atoms. The normalized spacial score (nSPS) is 17.6. The van der Waals surface area contributed by atoms with Gasteiger partial charge in [-0.15, -0.1) is 19.0 Å². The molecule has 1 aliphatic heterocycles. The summed E-state index contributed by atoms with van der Waals surface area (Å²) >= 11 is 0. The van der Waals surface area contributed by atoms with Crippen LogP contribution in [0.1, 0.15) is 16.8 Å². The molecule has 0 radical (unpaired) electrons. The fourth-order valence-electron chi connectivity index (χ4n) is 2.44. The third kappa shape index (κ3) is 4.78. The van der Waals surface area contributed by atoms with Crippen molar-refractivity contribution in [1.29, 1.82) is 0 Å². The molecule has 2 rings (SSSR count). The summed E-state index contributed by atoms with van der Waals surface area (Å²) < 4.78 is 26.6.